The lowest BCUT2D eigenvalue weighted by Crippen LogP contribution is -2.24. The monoisotopic (exact) mass is 370 g/mol. The van der Waals surface area contributed by atoms with Crippen LogP contribution in [0.4, 0.5) is 5.95 Å². The summed E-state index contributed by atoms with van der Waals surface area (Å²) in [6.07, 6.45) is 2.69. The smallest absolute Gasteiger partial charge is 0.263 e. The number of anilines is 1. The number of nitrogens with two attached hydrogens (primary N) is 1. The number of aromatic nitrogens is 3. The fourth-order valence-electron chi connectivity index (χ4n) is 3.01. The van der Waals surface area contributed by atoms with Crippen molar-refractivity contribution in [1.82, 2.24) is 14.5 Å². The van der Waals surface area contributed by atoms with E-state index in [1.54, 1.807) is 10.8 Å². The third kappa shape index (κ3) is 3.99. The molecule has 1 fully saturated rings. The zero-order valence-electron chi connectivity index (χ0n) is 15.0. The molecule has 3 atom stereocenters. The van der Waals surface area contributed by atoms with Gasteiger partial charge in [-0.25, -0.2) is 0 Å². The molecule has 1 aliphatic heterocycles. The number of nitrogens with zero attached hydrogens (tertiary/aromatic N) is 2. The first kappa shape index (κ1) is 19.0. The highest BCUT2D eigenvalue weighted by atomic mass is 16.5. The predicted octanol–water partition coefficient (Wildman–Crippen LogP) is 0.493. The standard InChI is InChI=1S/C19H22N4O4/c1-2-3-4-5-6-7-8-12-10-23(15-9-13(25)14(11-24)27-15)17-16(12)18(26)22-19(20)21-17/h10,13-15,24-25H,2-4,9,11H2,1H3,(H3,20,21,22,26)/t13-,14+,15+/m0/s1. The molecule has 0 spiro atoms. The molecular formula is C19H22N4O4. The van der Waals surface area contributed by atoms with Crippen molar-refractivity contribution in [2.45, 2.75) is 51.0 Å². The summed E-state index contributed by atoms with van der Waals surface area (Å²) in [5.74, 6) is 11.4. The molecule has 0 aromatic carbocycles. The van der Waals surface area contributed by atoms with Crippen LogP contribution in [0.25, 0.3) is 11.0 Å². The molecule has 8 nitrogen and oxygen atoms in total. The molecule has 142 valence electrons. The SMILES string of the molecule is CCCCC#CC#Cc1cn([C@H]2C[C@H](O)[C@@H](CO)O2)c2nc(N)[nH]c(=O)c12. The number of H-pyrrole nitrogens is 1. The maximum absolute atomic E-state index is 12.4. The predicted molar refractivity (Wildman–Crippen MR) is 101 cm³/mol. The van der Waals surface area contributed by atoms with Crippen molar-refractivity contribution in [3.05, 3.63) is 22.1 Å². The Morgan fingerprint density at radius 2 is 2.30 bits per heavy atom. The van der Waals surface area contributed by atoms with Crippen molar-refractivity contribution in [3.8, 4) is 23.7 Å². The topological polar surface area (TPSA) is 126 Å². The second kappa shape index (κ2) is 8.28. The summed E-state index contributed by atoms with van der Waals surface area (Å²) >= 11 is 0. The Bertz CT molecular complexity index is 1000. The van der Waals surface area contributed by atoms with Crippen LogP contribution in [0.2, 0.25) is 0 Å². The highest BCUT2D eigenvalue weighted by molar-refractivity contribution is 5.83. The average molecular weight is 370 g/mol. The molecule has 0 saturated carbocycles. The van der Waals surface area contributed by atoms with Gasteiger partial charge in [0.2, 0.25) is 5.95 Å². The first-order chi connectivity index (χ1) is 13.0. The van der Waals surface area contributed by atoms with E-state index in [4.69, 9.17) is 10.5 Å². The van der Waals surface area contributed by atoms with Crippen molar-refractivity contribution in [1.29, 1.82) is 0 Å². The van der Waals surface area contributed by atoms with Crippen LogP contribution in [0.1, 0.15) is 44.4 Å². The minimum absolute atomic E-state index is 0.0250. The number of aliphatic hydroxyl groups excluding tert-OH is 2. The Morgan fingerprint density at radius 3 is 3.00 bits per heavy atom. The summed E-state index contributed by atoms with van der Waals surface area (Å²) in [5, 5.41) is 19.6. The first-order valence-corrected chi connectivity index (χ1v) is 8.88. The number of aromatic amines is 1. The van der Waals surface area contributed by atoms with Crippen molar-refractivity contribution < 1.29 is 14.9 Å². The summed E-state index contributed by atoms with van der Waals surface area (Å²) in [6, 6.07) is 0. The Hall–Kier alpha value is -2.78. The summed E-state index contributed by atoms with van der Waals surface area (Å²) in [4.78, 5) is 19.1. The van der Waals surface area contributed by atoms with E-state index >= 15 is 0 Å². The van der Waals surface area contributed by atoms with Crippen LogP contribution in [-0.4, -0.2) is 43.6 Å². The minimum Gasteiger partial charge on any atom is -0.394 e. The minimum atomic E-state index is -0.809. The molecule has 2 aromatic rings. The van der Waals surface area contributed by atoms with Gasteiger partial charge in [-0.1, -0.05) is 25.2 Å². The van der Waals surface area contributed by atoms with E-state index < -0.39 is 24.0 Å². The molecule has 0 bridgehead atoms. The van der Waals surface area contributed by atoms with Gasteiger partial charge < -0.3 is 25.3 Å². The Kier molecular flexibility index (Phi) is 5.82. The fraction of sp³-hybridized carbons (Fsp3) is 0.474. The van der Waals surface area contributed by atoms with Gasteiger partial charge >= 0.3 is 0 Å². The Balaban J connectivity index is 2.01. The van der Waals surface area contributed by atoms with Gasteiger partial charge in [0, 0.05) is 19.0 Å². The van der Waals surface area contributed by atoms with E-state index in [9.17, 15) is 15.0 Å². The van der Waals surface area contributed by atoms with Crippen LogP contribution >= 0.6 is 0 Å². The van der Waals surface area contributed by atoms with Crippen LogP contribution in [0.5, 0.6) is 0 Å². The molecule has 5 N–H and O–H groups in total. The van der Waals surface area contributed by atoms with Crippen molar-refractivity contribution in [2.75, 3.05) is 12.3 Å². The van der Waals surface area contributed by atoms with Crippen LogP contribution in [0.3, 0.4) is 0 Å². The van der Waals surface area contributed by atoms with E-state index in [-0.39, 0.29) is 24.4 Å². The zero-order valence-corrected chi connectivity index (χ0v) is 15.0. The van der Waals surface area contributed by atoms with Gasteiger partial charge in [-0.2, -0.15) is 4.98 Å². The number of nitrogen functional groups attached to an aromatic ring is 1. The van der Waals surface area contributed by atoms with Gasteiger partial charge in [-0.3, -0.25) is 9.78 Å². The summed E-state index contributed by atoms with van der Waals surface area (Å²) in [5.41, 5.74) is 6.04. The molecule has 1 aliphatic rings. The lowest BCUT2D eigenvalue weighted by Gasteiger charge is -2.14. The summed E-state index contributed by atoms with van der Waals surface area (Å²) in [7, 11) is 0. The third-order valence-electron chi connectivity index (χ3n) is 4.40. The van der Waals surface area contributed by atoms with Crippen LogP contribution < -0.4 is 11.3 Å². The number of ether oxygens (including phenoxy) is 1. The second-order valence-corrected chi connectivity index (χ2v) is 6.37. The summed E-state index contributed by atoms with van der Waals surface area (Å²) in [6.45, 7) is 1.80. The highest BCUT2D eigenvalue weighted by Crippen LogP contribution is 2.32. The maximum atomic E-state index is 12.4. The molecule has 0 unspecified atom stereocenters. The van der Waals surface area contributed by atoms with E-state index in [1.807, 2.05) is 0 Å². The number of hydrogen-bond acceptors (Lipinski definition) is 6. The zero-order chi connectivity index (χ0) is 19.4. The van der Waals surface area contributed by atoms with Gasteiger partial charge in [0.25, 0.3) is 5.56 Å². The molecule has 1 saturated heterocycles. The largest absolute Gasteiger partial charge is 0.394 e. The van der Waals surface area contributed by atoms with Crippen LogP contribution in [0, 0.1) is 23.7 Å². The number of aliphatic hydroxyl groups is 2. The van der Waals surface area contributed by atoms with Crippen molar-refractivity contribution in [3.63, 3.8) is 0 Å². The number of rotatable bonds is 4. The van der Waals surface area contributed by atoms with Gasteiger partial charge in [0.15, 0.2) is 5.65 Å². The quantitative estimate of drug-likeness (QED) is 0.458. The number of hydrogen-bond donors (Lipinski definition) is 4. The third-order valence-corrected chi connectivity index (χ3v) is 4.40. The normalized spacial score (nSPS) is 21.5. The van der Waals surface area contributed by atoms with E-state index in [1.165, 1.54) is 0 Å². The van der Waals surface area contributed by atoms with Crippen LogP contribution in [0.15, 0.2) is 11.0 Å². The molecule has 0 aliphatic carbocycles. The lowest BCUT2D eigenvalue weighted by molar-refractivity contribution is -0.0430. The van der Waals surface area contributed by atoms with Gasteiger partial charge in [0.05, 0.1) is 18.3 Å². The lowest BCUT2D eigenvalue weighted by atomic mass is 10.2. The molecule has 2 aromatic heterocycles. The molecular weight excluding hydrogens is 348 g/mol. The van der Waals surface area contributed by atoms with E-state index in [0.717, 1.165) is 19.3 Å². The number of nitrogens with one attached hydrogen (secondary N) is 1. The molecule has 8 heteroatoms. The molecule has 27 heavy (non-hydrogen) atoms. The molecule has 3 heterocycles. The van der Waals surface area contributed by atoms with Crippen LogP contribution in [-0.2, 0) is 4.74 Å². The van der Waals surface area contributed by atoms with Crippen molar-refractivity contribution >= 4 is 17.0 Å². The second-order valence-electron chi connectivity index (χ2n) is 6.37. The average Bonchev–Trinajstić information content (AvgIpc) is 3.18. The Labute approximate surface area is 156 Å². The van der Waals surface area contributed by atoms with Gasteiger partial charge in [0.1, 0.15) is 17.7 Å². The highest BCUT2D eigenvalue weighted by Gasteiger charge is 2.35. The fourth-order valence-corrected chi connectivity index (χ4v) is 3.01. The number of unbranched alkanes of at least 4 members (excludes halogenated alkanes) is 2. The van der Waals surface area contributed by atoms with E-state index in [2.05, 4.69) is 40.6 Å². The Morgan fingerprint density at radius 1 is 1.48 bits per heavy atom. The number of fused-ring (bicyclic) bond motifs is 1. The molecule has 0 amide bonds. The van der Waals surface area contributed by atoms with E-state index in [0.29, 0.717) is 11.2 Å². The van der Waals surface area contributed by atoms with Gasteiger partial charge in [-0.15, -0.1) is 0 Å². The van der Waals surface area contributed by atoms with Gasteiger partial charge in [-0.05, 0) is 18.3 Å². The maximum Gasteiger partial charge on any atom is 0.263 e. The molecule has 0 radical (unpaired) electrons. The molecule has 3 rings (SSSR count). The summed E-state index contributed by atoms with van der Waals surface area (Å²) < 4.78 is 7.29. The van der Waals surface area contributed by atoms with Crippen molar-refractivity contribution in [2.24, 2.45) is 0 Å². The first-order valence-electron chi connectivity index (χ1n) is 8.88.